The van der Waals surface area contributed by atoms with Crippen LogP contribution in [0.15, 0.2) is 0 Å². The van der Waals surface area contributed by atoms with Gasteiger partial charge in [-0.15, -0.1) is 0 Å². The topological polar surface area (TPSA) is 0 Å². The fourth-order valence-corrected chi connectivity index (χ4v) is 2.80. The first kappa shape index (κ1) is 17.4. The summed E-state index contributed by atoms with van der Waals surface area (Å²) in [5.74, 6) is 2.73. The van der Waals surface area contributed by atoms with Crippen LogP contribution in [0.1, 0.15) is 80.1 Å². The SMILES string of the molecule is CC(C)(C)CCCCCSCCCC(C)(C)C. The lowest BCUT2D eigenvalue weighted by molar-refractivity contribution is 0.360. The van der Waals surface area contributed by atoms with Crippen molar-refractivity contribution in [2.75, 3.05) is 11.5 Å². The summed E-state index contributed by atoms with van der Waals surface area (Å²) < 4.78 is 0. The fraction of sp³-hybridized carbons (Fsp3) is 1.00. The van der Waals surface area contributed by atoms with Gasteiger partial charge in [0.15, 0.2) is 0 Å². The lowest BCUT2D eigenvalue weighted by Gasteiger charge is -2.18. The molecule has 0 rings (SSSR count). The van der Waals surface area contributed by atoms with Crippen molar-refractivity contribution in [3.8, 4) is 0 Å². The number of rotatable bonds is 8. The highest BCUT2D eigenvalue weighted by atomic mass is 32.2. The highest BCUT2D eigenvalue weighted by molar-refractivity contribution is 7.99. The standard InChI is InChI=1S/C16H34S/c1-15(2,3)11-8-7-9-13-17-14-10-12-16(4,5)6/h7-14H2,1-6H3. The van der Waals surface area contributed by atoms with E-state index in [0.717, 1.165) is 0 Å². The van der Waals surface area contributed by atoms with Crippen LogP contribution in [0.4, 0.5) is 0 Å². The van der Waals surface area contributed by atoms with Crippen LogP contribution < -0.4 is 0 Å². The third-order valence-corrected chi connectivity index (χ3v) is 4.09. The first-order valence-electron chi connectivity index (χ1n) is 7.28. The molecule has 0 aliphatic heterocycles. The van der Waals surface area contributed by atoms with Crippen molar-refractivity contribution in [1.29, 1.82) is 0 Å². The molecule has 0 unspecified atom stereocenters. The van der Waals surface area contributed by atoms with E-state index in [0.29, 0.717) is 10.8 Å². The minimum Gasteiger partial charge on any atom is -0.162 e. The Balaban J connectivity index is 3.15. The molecule has 0 aromatic rings. The normalized spacial score (nSPS) is 13.1. The van der Waals surface area contributed by atoms with Gasteiger partial charge in [0.05, 0.1) is 0 Å². The molecule has 1 heteroatoms. The molecule has 0 atom stereocenters. The summed E-state index contributed by atoms with van der Waals surface area (Å²) in [7, 11) is 0. The molecule has 17 heavy (non-hydrogen) atoms. The van der Waals surface area contributed by atoms with Crippen molar-refractivity contribution in [1.82, 2.24) is 0 Å². The van der Waals surface area contributed by atoms with E-state index in [2.05, 4.69) is 53.3 Å². The molecule has 0 saturated carbocycles. The van der Waals surface area contributed by atoms with Crippen LogP contribution in [0.25, 0.3) is 0 Å². The quantitative estimate of drug-likeness (QED) is 0.470. The molecule has 0 aliphatic rings. The maximum atomic E-state index is 2.34. The molecular weight excluding hydrogens is 224 g/mol. The maximum Gasteiger partial charge on any atom is -0.00673 e. The fourth-order valence-electron chi connectivity index (χ4n) is 1.84. The molecule has 0 heterocycles. The summed E-state index contributed by atoms with van der Waals surface area (Å²) in [6.45, 7) is 14.0. The van der Waals surface area contributed by atoms with Crippen molar-refractivity contribution in [2.24, 2.45) is 10.8 Å². The van der Waals surface area contributed by atoms with Crippen LogP contribution in [0.3, 0.4) is 0 Å². The lowest BCUT2D eigenvalue weighted by atomic mass is 9.90. The van der Waals surface area contributed by atoms with Gasteiger partial charge in [0, 0.05) is 0 Å². The van der Waals surface area contributed by atoms with E-state index in [4.69, 9.17) is 0 Å². The van der Waals surface area contributed by atoms with Crippen molar-refractivity contribution < 1.29 is 0 Å². The predicted molar refractivity (Wildman–Crippen MR) is 83.9 cm³/mol. The van der Waals surface area contributed by atoms with Crippen LogP contribution in [0.5, 0.6) is 0 Å². The van der Waals surface area contributed by atoms with Crippen molar-refractivity contribution in [3.63, 3.8) is 0 Å². The highest BCUT2D eigenvalue weighted by Gasteiger charge is 2.09. The molecule has 0 nitrogen and oxygen atoms in total. The molecule has 0 aromatic heterocycles. The monoisotopic (exact) mass is 258 g/mol. The van der Waals surface area contributed by atoms with Crippen molar-refractivity contribution >= 4 is 11.8 Å². The molecule has 0 saturated heterocycles. The summed E-state index contributed by atoms with van der Waals surface area (Å²) in [5, 5.41) is 0. The Kier molecular flexibility index (Phi) is 8.63. The second-order valence-electron chi connectivity index (χ2n) is 7.65. The van der Waals surface area contributed by atoms with Crippen LogP contribution >= 0.6 is 11.8 Å². The summed E-state index contributed by atoms with van der Waals surface area (Å²) in [6, 6.07) is 0. The molecule has 0 aromatic carbocycles. The number of unbranched alkanes of at least 4 members (excludes halogenated alkanes) is 2. The first-order chi connectivity index (χ1) is 7.71. The third-order valence-electron chi connectivity index (χ3n) is 2.93. The zero-order valence-electron chi connectivity index (χ0n) is 13.1. The molecule has 0 N–H and O–H groups in total. The average molecular weight is 259 g/mol. The number of hydrogen-bond acceptors (Lipinski definition) is 1. The van der Waals surface area contributed by atoms with Gasteiger partial charge in [0.25, 0.3) is 0 Å². The summed E-state index contributed by atoms with van der Waals surface area (Å²) >= 11 is 2.15. The molecule has 104 valence electrons. The molecular formula is C16H34S. The first-order valence-corrected chi connectivity index (χ1v) is 8.44. The second-order valence-corrected chi connectivity index (χ2v) is 8.87. The van der Waals surface area contributed by atoms with E-state index >= 15 is 0 Å². The van der Waals surface area contributed by atoms with Gasteiger partial charge in [-0.3, -0.25) is 0 Å². The lowest BCUT2D eigenvalue weighted by Crippen LogP contribution is -2.05. The Bertz CT molecular complexity index is 151. The Morgan fingerprint density at radius 3 is 1.59 bits per heavy atom. The predicted octanol–water partition coefficient (Wildman–Crippen LogP) is 6.15. The minimum atomic E-state index is 0.521. The van der Waals surface area contributed by atoms with Gasteiger partial charge in [-0.25, -0.2) is 0 Å². The third kappa shape index (κ3) is 16.4. The van der Waals surface area contributed by atoms with Gasteiger partial charge in [-0.2, -0.15) is 11.8 Å². The zero-order valence-corrected chi connectivity index (χ0v) is 13.9. The molecule has 0 amide bonds. The molecule has 0 fully saturated rings. The van der Waals surface area contributed by atoms with Crippen molar-refractivity contribution in [2.45, 2.75) is 80.1 Å². The maximum absolute atomic E-state index is 2.34. The largest absolute Gasteiger partial charge is 0.162 e. The summed E-state index contributed by atoms with van der Waals surface area (Å²) in [4.78, 5) is 0. The van der Waals surface area contributed by atoms with Gasteiger partial charge in [-0.05, 0) is 48.0 Å². The number of thioether (sulfide) groups is 1. The van der Waals surface area contributed by atoms with E-state index in [9.17, 15) is 0 Å². The van der Waals surface area contributed by atoms with Crippen LogP contribution in [-0.4, -0.2) is 11.5 Å². The molecule has 0 bridgehead atoms. The Morgan fingerprint density at radius 1 is 0.588 bits per heavy atom. The van der Waals surface area contributed by atoms with Gasteiger partial charge in [-0.1, -0.05) is 54.4 Å². The zero-order chi connectivity index (χ0) is 13.4. The minimum absolute atomic E-state index is 0.521. The van der Waals surface area contributed by atoms with Gasteiger partial charge in [0.1, 0.15) is 0 Å². The Morgan fingerprint density at radius 2 is 1.06 bits per heavy atom. The Labute approximate surface area is 114 Å². The Hall–Kier alpha value is 0.350. The van der Waals surface area contributed by atoms with Crippen LogP contribution in [-0.2, 0) is 0 Å². The number of hydrogen-bond donors (Lipinski definition) is 0. The van der Waals surface area contributed by atoms with E-state index in [1.54, 1.807) is 0 Å². The molecule has 0 aliphatic carbocycles. The van der Waals surface area contributed by atoms with Crippen molar-refractivity contribution in [3.05, 3.63) is 0 Å². The molecule has 0 radical (unpaired) electrons. The van der Waals surface area contributed by atoms with E-state index in [-0.39, 0.29) is 0 Å². The second kappa shape index (κ2) is 8.45. The van der Waals surface area contributed by atoms with Crippen LogP contribution in [0.2, 0.25) is 0 Å². The summed E-state index contributed by atoms with van der Waals surface area (Å²) in [6.07, 6.45) is 8.37. The average Bonchev–Trinajstić information content (AvgIpc) is 2.11. The van der Waals surface area contributed by atoms with Gasteiger partial charge in [0.2, 0.25) is 0 Å². The van der Waals surface area contributed by atoms with Gasteiger partial charge >= 0.3 is 0 Å². The smallest absolute Gasteiger partial charge is 0.00673 e. The van der Waals surface area contributed by atoms with Crippen LogP contribution in [0, 0.1) is 10.8 Å². The summed E-state index contributed by atoms with van der Waals surface area (Å²) in [5.41, 5.74) is 1.05. The van der Waals surface area contributed by atoms with E-state index in [1.165, 1.54) is 50.0 Å². The highest BCUT2D eigenvalue weighted by Crippen LogP contribution is 2.24. The van der Waals surface area contributed by atoms with E-state index < -0.39 is 0 Å². The van der Waals surface area contributed by atoms with E-state index in [1.807, 2.05) is 0 Å². The van der Waals surface area contributed by atoms with Gasteiger partial charge < -0.3 is 0 Å². The molecule has 0 spiro atoms.